The molecule has 0 bridgehead atoms. The zero-order chi connectivity index (χ0) is 8.43. The first kappa shape index (κ1) is 7.70. The van der Waals surface area contributed by atoms with Crippen molar-refractivity contribution < 1.29 is 10.2 Å². The second-order valence-electron chi connectivity index (χ2n) is 1.91. The van der Waals surface area contributed by atoms with Gasteiger partial charge in [-0.2, -0.15) is 5.26 Å². The van der Waals surface area contributed by atoms with Crippen molar-refractivity contribution in [1.82, 2.24) is 0 Å². The minimum Gasteiger partial charge on any atom is -0.504 e. The molecule has 4 heteroatoms. The van der Waals surface area contributed by atoms with Gasteiger partial charge in [0.05, 0.1) is 5.56 Å². The highest BCUT2D eigenvalue weighted by molar-refractivity contribution is 6.33. The molecule has 2 N–H and O–H groups in total. The van der Waals surface area contributed by atoms with Crippen LogP contribution in [0.4, 0.5) is 0 Å². The minimum atomic E-state index is -0.453. The van der Waals surface area contributed by atoms with E-state index in [1.54, 1.807) is 6.07 Å². The first-order chi connectivity index (χ1) is 5.16. The van der Waals surface area contributed by atoms with Gasteiger partial charge in [0.2, 0.25) is 0 Å². The number of benzene rings is 1. The zero-order valence-electron chi connectivity index (χ0n) is 5.37. The Hall–Kier alpha value is -1.40. The van der Waals surface area contributed by atoms with Gasteiger partial charge in [0.25, 0.3) is 0 Å². The molecule has 0 radical (unpaired) electrons. The van der Waals surface area contributed by atoms with Crippen LogP contribution in [0.15, 0.2) is 12.1 Å². The average Bonchev–Trinajstić information content (AvgIpc) is 2.01. The monoisotopic (exact) mass is 169 g/mol. The summed E-state index contributed by atoms with van der Waals surface area (Å²) in [5.74, 6) is -0.778. The predicted octanol–water partition coefficient (Wildman–Crippen LogP) is 1.62. The smallest absolute Gasteiger partial charge is 0.177 e. The normalized spacial score (nSPS) is 9.09. The molecule has 0 saturated carbocycles. The van der Waals surface area contributed by atoms with E-state index in [4.69, 9.17) is 27.1 Å². The van der Waals surface area contributed by atoms with Gasteiger partial charge in [0.15, 0.2) is 11.5 Å². The molecule has 0 fully saturated rings. The summed E-state index contributed by atoms with van der Waals surface area (Å²) < 4.78 is 0. The minimum absolute atomic E-state index is 0.118. The first-order valence-corrected chi connectivity index (χ1v) is 3.15. The molecule has 0 aliphatic heterocycles. The Morgan fingerprint density at radius 2 is 2.00 bits per heavy atom. The molecule has 0 atom stereocenters. The van der Waals surface area contributed by atoms with E-state index >= 15 is 0 Å². The van der Waals surface area contributed by atoms with Gasteiger partial charge in [-0.25, -0.2) is 0 Å². The molecule has 0 aliphatic carbocycles. The van der Waals surface area contributed by atoms with Gasteiger partial charge in [-0.05, 0) is 12.1 Å². The maximum Gasteiger partial charge on any atom is 0.177 e. The van der Waals surface area contributed by atoms with Crippen LogP contribution < -0.4 is 0 Å². The van der Waals surface area contributed by atoms with Crippen molar-refractivity contribution in [3.63, 3.8) is 0 Å². The quantitative estimate of drug-likeness (QED) is 0.580. The molecule has 0 aromatic heterocycles. The fourth-order valence-electron chi connectivity index (χ4n) is 0.641. The van der Waals surface area contributed by atoms with E-state index in [1.807, 2.05) is 0 Å². The van der Waals surface area contributed by atoms with E-state index in [1.165, 1.54) is 12.1 Å². The van der Waals surface area contributed by atoms with E-state index in [9.17, 15) is 0 Å². The van der Waals surface area contributed by atoms with Crippen LogP contribution >= 0.6 is 11.6 Å². The van der Waals surface area contributed by atoms with Crippen LogP contribution in [-0.2, 0) is 0 Å². The standard InChI is InChI=1S/C7H4ClNO2/c8-6-4(3-9)1-2-5(10)7(6)11/h1-2,10-11H. The van der Waals surface area contributed by atoms with Crippen LogP contribution in [0.3, 0.4) is 0 Å². The number of phenolic OH excluding ortho intramolecular Hbond substituents is 2. The maximum atomic E-state index is 8.99. The molecule has 3 nitrogen and oxygen atoms in total. The number of hydrogen-bond acceptors (Lipinski definition) is 3. The summed E-state index contributed by atoms with van der Waals surface area (Å²) in [6, 6.07) is 4.30. The molecule has 0 saturated heterocycles. The van der Waals surface area contributed by atoms with Crippen LogP contribution in [0.1, 0.15) is 5.56 Å². The number of rotatable bonds is 0. The summed E-state index contributed by atoms with van der Waals surface area (Å²) >= 11 is 5.47. The first-order valence-electron chi connectivity index (χ1n) is 2.77. The largest absolute Gasteiger partial charge is 0.504 e. The molecule has 1 aromatic rings. The number of phenols is 2. The predicted molar refractivity (Wildman–Crippen MR) is 39.5 cm³/mol. The van der Waals surface area contributed by atoms with Gasteiger partial charge in [-0.1, -0.05) is 11.6 Å². The van der Waals surface area contributed by atoms with Crippen LogP contribution in [0.2, 0.25) is 5.02 Å². The second-order valence-corrected chi connectivity index (χ2v) is 2.28. The molecular weight excluding hydrogens is 166 g/mol. The molecule has 11 heavy (non-hydrogen) atoms. The summed E-state index contributed by atoms with van der Waals surface area (Å²) in [6.45, 7) is 0. The van der Waals surface area contributed by atoms with E-state index in [0.717, 1.165) is 0 Å². The van der Waals surface area contributed by atoms with E-state index in [0.29, 0.717) is 0 Å². The molecular formula is C7H4ClNO2. The molecule has 0 spiro atoms. The molecule has 0 unspecified atom stereocenters. The van der Waals surface area contributed by atoms with Crippen molar-refractivity contribution in [1.29, 1.82) is 5.26 Å². The van der Waals surface area contributed by atoms with Crippen LogP contribution in [-0.4, -0.2) is 10.2 Å². The van der Waals surface area contributed by atoms with Gasteiger partial charge in [-0.3, -0.25) is 0 Å². The number of aromatic hydroxyl groups is 2. The van der Waals surface area contributed by atoms with Crippen LogP contribution in [0.5, 0.6) is 11.5 Å². The molecule has 1 rings (SSSR count). The fourth-order valence-corrected chi connectivity index (χ4v) is 0.843. The van der Waals surface area contributed by atoms with Gasteiger partial charge >= 0.3 is 0 Å². The third-order valence-electron chi connectivity index (χ3n) is 1.22. The highest BCUT2D eigenvalue weighted by atomic mass is 35.5. The van der Waals surface area contributed by atoms with E-state index < -0.39 is 5.75 Å². The molecule has 1 aromatic carbocycles. The lowest BCUT2D eigenvalue weighted by Gasteiger charge is -1.99. The summed E-state index contributed by atoms with van der Waals surface area (Å²) in [5.41, 5.74) is 0.141. The maximum absolute atomic E-state index is 8.99. The third-order valence-corrected chi connectivity index (χ3v) is 1.60. The number of halogens is 1. The Morgan fingerprint density at radius 1 is 1.36 bits per heavy atom. The topological polar surface area (TPSA) is 64.2 Å². The number of nitriles is 1. The Morgan fingerprint density at radius 3 is 2.55 bits per heavy atom. The van der Waals surface area contributed by atoms with Crippen LogP contribution in [0.25, 0.3) is 0 Å². The Labute approximate surface area is 68.1 Å². The number of hydrogen-bond donors (Lipinski definition) is 2. The van der Waals surface area contributed by atoms with Gasteiger partial charge < -0.3 is 10.2 Å². The van der Waals surface area contributed by atoms with E-state index in [2.05, 4.69) is 0 Å². The number of nitrogens with zero attached hydrogens (tertiary/aromatic N) is 1. The summed E-state index contributed by atoms with van der Waals surface area (Å²) in [7, 11) is 0. The zero-order valence-corrected chi connectivity index (χ0v) is 6.13. The lowest BCUT2D eigenvalue weighted by atomic mass is 10.2. The molecule has 0 amide bonds. The summed E-state index contributed by atoms with van der Waals surface area (Å²) in [5, 5.41) is 26.1. The lowest BCUT2D eigenvalue weighted by molar-refractivity contribution is 0.404. The SMILES string of the molecule is N#Cc1ccc(O)c(O)c1Cl. The lowest BCUT2D eigenvalue weighted by Crippen LogP contribution is -1.77. The Kier molecular flexibility index (Phi) is 1.88. The third kappa shape index (κ3) is 1.21. The molecule has 0 heterocycles. The highest BCUT2D eigenvalue weighted by Gasteiger charge is 2.08. The second kappa shape index (κ2) is 2.69. The van der Waals surface area contributed by atoms with E-state index in [-0.39, 0.29) is 16.3 Å². The average molecular weight is 170 g/mol. The van der Waals surface area contributed by atoms with Crippen molar-refractivity contribution in [3.8, 4) is 17.6 Å². The summed E-state index contributed by atoms with van der Waals surface area (Å²) in [4.78, 5) is 0. The Balaban J connectivity index is 3.40. The van der Waals surface area contributed by atoms with Crippen molar-refractivity contribution in [2.24, 2.45) is 0 Å². The highest BCUT2D eigenvalue weighted by Crippen LogP contribution is 2.34. The fraction of sp³-hybridized carbons (Fsp3) is 0. The van der Waals surface area contributed by atoms with Crippen molar-refractivity contribution in [2.75, 3.05) is 0 Å². The van der Waals surface area contributed by atoms with Gasteiger partial charge in [0, 0.05) is 0 Å². The van der Waals surface area contributed by atoms with Crippen LogP contribution in [0, 0.1) is 11.3 Å². The Bertz CT molecular complexity index is 330. The van der Waals surface area contributed by atoms with Crippen molar-refractivity contribution >= 4 is 11.6 Å². The molecule has 0 aliphatic rings. The molecule has 56 valence electrons. The van der Waals surface area contributed by atoms with Gasteiger partial charge in [0.1, 0.15) is 11.1 Å². The van der Waals surface area contributed by atoms with Crippen molar-refractivity contribution in [2.45, 2.75) is 0 Å². The van der Waals surface area contributed by atoms with Crippen molar-refractivity contribution in [3.05, 3.63) is 22.7 Å². The summed E-state index contributed by atoms with van der Waals surface area (Å²) in [6.07, 6.45) is 0. The van der Waals surface area contributed by atoms with Gasteiger partial charge in [-0.15, -0.1) is 0 Å².